The van der Waals surface area contributed by atoms with Crippen LogP contribution in [0.3, 0.4) is 0 Å². The number of hydrogen-bond acceptors (Lipinski definition) is 3. The lowest BCUT2D eigenvalue weighted by Gasteiger charge is -2.43. The van der Waals surface area contributed by atoms with E-state index in [1.165, 1.54) is 26.4 Å². The topological polar surface area (TPSA) is 21.3 Å². The SMILES string of the molecule is CC(C)(C)[Si](Oc1ccc(CNc2ccc(C=Cc3cccs3)cc2)cc1)(c1ccccc1)c1ccccc1. The molecular weight excluding hydrogens is 511 g/mol. The molecule has 5 rings (SSSR count). The Kier molecular flexibility index (Phi) is 8.15. The van der Waals surface area contributed by atoms with Crippen LogP contribution in [0.4, 0.5) is 5.69 Å². The van der Waals surface area contributed by atoms with Crippen LogP contribution in [0.5, 0.6) is 5.75 Å². The van der Waals surface area contributed by atoms with E-state index in [1.54, 1.807) is 11.3 Å². The maximum atomic E-state index is 7.13. The van der Waals surface area contributed by atoms with Crippen molar-refractivity contribution in [1.82, 2.24) is 0 Å². The number of hydrogen-bond donors (Lipinski definition) is 1. The average Bonchev–Trinajstić information content (AvgIpc) is 3.49. The molecule has 0 aliphatic heterocycles. The van der Waals surface area contributed by atoms with Crippen LogP contribution in [0, 0.1) is 0 Å². The highest BCUT2D eigenvalue weighted by atomic mass is 32.1. The minimum absolute atomic E-state index is 0.0684. The first kappa shape index (κ1) is 26.7. The zero-order valence-corrected chi connectivity index (χ0v) is 24.6. The molecule has 0 atom stereocenters. The van der Waals surface area contributed by atoms with Gasteiger partial charge in [0.15, 0.2) is 0 Å². The van der Waals surface area contributed by atoms with Gasteiger partial charge in [0, 0.05) is 17.1 Å². The minimum atomic E-state index is -2.63. The molecule has 39 heavy (non-hydrogen) atoms. The van der Waals surface area contributed by atoms with Gasteiger partial charge in [-0.2, -0.15) is 0 Å². The molecule has 2 nitrogen and oxygen atoms in total. The summed E-state index contributed by atoms with van der Waals surface area (Å²) in [4.78, 5) is 1.26. The van der Waals surface area contributed by atoms with Crippen molar-refractivity contribution in [3.63, 3.8) is 0 Å². The lowest BCUT2D eigenvalue weighted by atomic mass is 10.1. The number of thiophene rings is 1. The molecule has 4 heteroatoms. The summed E-state index contributed by atoms with van der Waals surface area (Å²) in [6, 6.07) is 42.9. The van der Waals surface area contributed by atoms with Crippen molar-refractivity contribution in [2.75, 3.05) is 5.32 Å². The number of rotatable bonds is 9. The predicted molar refractivity (Wildman–Crippen MR) is 172 cm³/mol. The van der Waals surface area contributed by atoms with E-state index in [9.17, 15) is 0 Å². The summed E-state index contributed by atoms with van der Waals surface area (Å²) >= 11 is 1.75. The van der Waals surface area contributed by atoms with E-state index in [0.717, 1.165) is 18.0 Å². The van der Waals surface area contributed by atoms with Crippen LogP contribution in [0.2, 0.25) is 5.04 Å². The molecule has 0 bridgehead atoms. The fourth-order valence-corrected chi connectivity index (χ4v) is 10.0. The van der Waals surface area contributed by atoms with Gasteiger partial charge in [0.05, 0.1) is 0 Å². The van der Waals surface area contributed by atoms with Crippen LogP contribution in [0.25, 0.3) is 12.2 Å². The van der Waals surface area contributed by atoms with Crippen molar-refractivity contribution in [3.8, 4) is 5.75 Å². The van der Waals surface area contributed by atoms with E-state index in [-0.39, 0.29) is 5.04 Å². The van der Waals surface area contributed by atoms with Gasteiger partial charge in [-0.3, -0.25) is 0 Å². The van der Waals surface area contributed by atoms with Crippen LogP contribution in [0.15, 0.2) is 127 Å². The van der Waals surface area contributed by atoms with Crippen molar-refractivity contribution in [2.45, 2.75) is 32.4 Å². The van der Waals surface area contributed by atoms with Crippen molar-refractivity contribution in [2.24, 2.45) is 0 Å². The molecule has 0 saturated carbocycles. The first-order chi connectivity index (χ1) is 18.9. The summed E-state index contributed by atoms with van der Waals surface area (Å²) < 4.78 is 7.13. The number of benzene rings is 4. The molecule has 196 valence electrons. The van der Waals surface area contributed by atoms with Crippen molar-refractivity contribution in [3.05, 3.63) is 143 Å². The average molecular weight is 546 g/mol. The Hall–Kier alpha value is -3.86. The van der Waals surface area contributed by atoms with Crippen LogP contribution in [-0.4, -0.2) is 8.32 Å². The van der Waals surface area contributed by atoms with Crippen molar-refractivity contribution >= 4 is 47.9 Å². The summed E-state index contributed by atoms with van der Waals surface area (Å²) in [6.45, 7) is 7.67. The van der Waals surface area contributed by atoms with E-state index in [4.69, 9.17) is 4.43 Å². The van der Waals surface area contributed by atoms with Gasteiger partial charge in [-0.05, 0) is 68.3 Å². The Morgan fingerprint density at radius 3 is 1.85 bits per heavy atom. The number of anilines is 1. The molecule has 4 aromatic carbocycles. The third kappa shape index (κ3) is 6.24. The fourth-order valence-electron chi connectivity index (χ4n) is 4.98. The monoisotopic (exact) mass is 545 g/mol. The molecule has 1 aromatic heterocycles. The molecule has 0 aliphatic carbocycles. The lowest BCUT2D eigenvalue weighted by Crippen LogP contribution is -2.68. The van der Waals surface area contributed by atoms with Gasteiger partial charge in [-0.15, -0.1) is 11.3 Å². The molecule has 0 aliphatic rings. The molecular formula is C35H35NOSSi. The summed E-state index contributed by atoms with van der Waals surface area (Å²) in [5.41, 5.74) is 3.51. The van der Waals surface area contributed by atoms with Crippen LogP contribution in [0.1, 0.15) is 36.8 Å². The lowest BCUT2D eigenvalue weighted by molar-refractivity contribution is 0.508. The van der Waals surface area contributed by atoms with E-state index in [2.05, 4.69) is 165 Å². The van der Waals surface area contributed by atoms with Crippen molar-refractivity contribution < 1.29 is 4.43 Å². The quantitative estimate of drug-likeness (QED) is 0.188. The highest BCUT2D eigenvalue weighted by Gasteiger charge is 2.52. The Balaban J connectivity index is 1.31. The second-order valence-corrected chi connectivity index (χ2v) is 15.9. The maximum Gasteiger partial charge on any atom is 0.319 e. The van der Waals surface area contributed by atoms with E-state index < -0.39 is 8.32 Å². The van der Waals surface area contributed by atoms with Gasteiger partial charge in [0.1, 0.15) is 5.75 Å². The Morgan fingerprint density at radius 1 is 0.692 bits per heavy atom. The number of nitrogens with one attached hydrogen (secondary N) is 1. The molecule has 0 radical (unpaired) electrons. The molecule has 0 unspecified atom stereocenters. The van der Waals surface area contributed by atoms with E-state index >= 15 is 0 Å². The zero-order chi connectivity index (χ0) is 27.1. The third-order valence-electron chi connectivity index (χ3n) is 7.00. The zero-order valence-electron chi connectivity index (χ0n) is 22.8. The predicted octanol–water partition coefficient (Wildman–Crippen LogP) is 8.47. The minimum Gasteiger partial charge on any atom is -0.534 e. The second-order valence-electron chi connectivity index (χ2n) is 10.7. The molecule has 0 fully saturated rings. The molecule has 0 saturated heterocycles. The first-order valence-corrected chi connectivity index (χ1v) is 16.2. The van der Waals surface area contributed by atoms with Gasteiger partial charge in [0.2, 0.25) is 0 Å². The summed E-state index contributed by atoms with van der Waals surface area (Å²) in [7, 11) is -2.63. The third-order valence-corrected chi connectivity index (χ3v) is 12.8. The fraction of sp³-hybridized carbons (Fsp3) is 0.143. The van der Waals surface area contributed by atoms with Crippen molar-refractivity contribution in [1.29, 1.82) is 0 Å². The Morgan fingerprint density at radius 2 is 1.31 bits per heavy atom. The van der Waals surface area contributed by atoms with Gasteiger partial charge in [-0.1, -0.05) is 118 Å². The Bertz CT molecular complexity index is 1430. The smallest absolute Gasteiger partial charge is 0.319 e. The second kappa shape index (κ2) is 11.9. The van der Waals surface area contributed by atoms with Gasteiger partial charge < -0.3 is 9.74 Å². The molecule has 1 heterocycles. The summed E-state index contributed by atoms with van der Waals surface area (Å²) in [6.07, 6.45) is 4.31. The summed E-state index contributed by atoms with van der Waals surface area (Å²) in [5, 5.41) is 8.14. The maximum absolute atomic E-state index is 7.13. The summed E-state index contributed by atoms with van der Waals surface area (Å²) in [5.74, 6) is 0.912. The van der Waals surface area contributed by atoms with Gasteiger partial charge >= 0.3 is 8.32 Å². The molecule has 0 spiro atoms. The largest absolute Gasteiger partial charge is 0.534 e. The standard InChI is InChI=1S/C35H35NOSSi/c1-35(2,3)39(33-12-6-4-7-13-33,34-14-8-5-9-15-34)37-31-23-18-29(19-24-31)27-36-30-21-16-28(17-22-30)20-25-32-11-10-26-38-32/h4-26,36H,27H2,1-3H3. The molecule has 5 aromatic rings. The van der Waals surface area contributed by atoms with Crippen LogP contribution in [-0.2, 0) is 6.54 Å². The van der Waals surface area contributed by atoms with Gasteiger partial charge in [-0.25, -0.2) is 0 Å². The van der Waals surface area contributed by atoms with Crippen LogP contribution < -0.4 is 20.1 Å². The van der Waals surface area contributed by atoms with E-state index in [1.807, 2.05) is 0 Å². The molecule has 1 N–H and O–H groups in total. The van der Waals surface area contributed by atoms with Crippen LogP contribution >= 0.6 is 11.3 Å². The molecule has 0 amide bonds. The highest BCUT2D eigenvalue weighted by molar-refractivity contribution is 7.10. The first-order valence-electron chi connectivity index (χ1n) is 13.4. The Labute approximate surface area is 237 Å². The van der Waals surface area contributed by atoms with Gasteiger partial charge in [0.25, 0.3) is 0 Å². The van der Waals surface area contributed by atoms with E-state index in [0.29, 0.717) is 0 Å². The highest BCUT2D eigenvalue weighted by Crippen LogP contribution is 2.37. The normalized spacial score (nSPS) is 12.0.